The molecule has 0 saturated carbocycles. The third-order valence-electron chi connectivity index (χ3n) is 4.17. The van der Waals surface area contributed by atoms with Gasteiger partial charge in [-0.25, -0.2) is 4.79 Å². The first-order valence-corrected chi connectivity index (χ1v) is 10.1. The van der Waals surface area contributed by atoms with Gasteiger partial charge in [0.1, 0.15) is 0 Å². The van der Waals surface area contributed by atoms with Crippen molar-refractivity contribution in [2.75, 3.05) is 32.8 Å². The zero-order valence-corrected chi connectivity index (χ0v) is 20.3. The Balaban J connectivity index is 0.00000784. The highest BCUT2D eigenvalue weighted by molar-refractivity contribution is 14.0. The van der Waals surface area contributed by atoms with Crippen LogP contribution < -0.4 is 16.0 Å². The molecule has 1 amide bonds. The van der Waals surface area contributed by atoms with Crippen molar-refractivity contribution in [2.45, 2.75) is 46.1 Å². The number of hydrogen-bond acceptors (Lipinski definition) is 4. The lowest BCUT2D eigenvalue weighted by atomic mass is 10.0. The van der Waals surface area contributed by atoms with Crippen LogP contribution in [0.15, 0.2) is 35.3 Å². The van der Waals surface area contributed by atoms with Crippen LogP contribution in [0.3, 0.4) is 0 Å². The van der Waals surface area contributed by atoms with Crippen LogP contribution in [-0.4, -0.2) is 56.0 Å². The zero-order valence-electron chi connectivity index (χ0n) is 18.0. The highest BCUT2D eigenvalue weighted by atomic mass is 127. The van der Waals surface area contributed by atoms with Crippen molar-refractivity contribution >= 4 is 36.0 Å². The summed E-state index contributed by atoms with van der Waals surface area (Å²) in [6.45, 7) is 10.1. The molecule has 1 rings (SSSR count). The fourth-order valence-corrected chi connectivity index (χ4v) is 2.86. The van der Waals surface area contributed by atoms with Gasteiger partial charge in [-0.1, -0.05) is 44.2 Å². The molecule has 4 N–H and O–H groups in total. The van der Waals surface area contributed by atoms with Gasteiger partial charge in [-0.15, -0.1) is 24.0 Å². The second-order valence-electron chi connectivity index (χ2n) is 7.08. The molecule has 166 valence electrons. The molecule has 0 aromatic heterocycles. The van der Waals surface area contributed by atoms with Crippen molar-refractivity contribution < 1.29 is 14.6 Å². The largest absolute Gasteiger partial charge is 0.450 e. The lowest BCUT2D eigenvalue weighted by Gasteiger charge is -2.22. The van der Waals surface area contributed by atoms with Gasteiger partial charge < -0.3 is 25.8 Å². The standard InChI is InChI=1S/C21H36N4O3.HI/c1-5-22-20(23-13-18(15-26)17-10-8-7-9-11-17)24-14-19(12-16(3)4)25-21(27)28-6-2;/h7-11,16,18-19,26H,5-6,12-15H2,1-4H3,(H,25,27)(H2,22,23,24);1H. The molecule has 0 aliphatic heterocycles. The lowest BCUT2D eigenvalue weighted by molar-refractivity contribution is 0.146. The van der Waals surface area contributed by atoms with E-state index in [1.807, 2.05) is 37.3 Å². The minimum absolute atomic E-state index is 0. The quantitative estimate of drug-likeness (QED) is 0.205. The smallest absolute Gasteiger partial charge is 0.407 e. The molecule has 0 aliphatic carbocycles. The van der Waals surface area contributed by atoms with Crippen molar-refractivity contribution in [1.29, 1.82) is 0 Å². The molecule has 2 unspecified atom stereocenters. The summed E-state index contributed by atoms with van der Waals surface area (Å²) in [5.41, 5.74) is 1.06. The SMILES string of the molecule is CCNC(=NCC(CO)c1ccccc1)NCC(CC(C)C)NC(=O)OCC.I. The molecule has 7 nitrogen and oxygen atoms in total. The summed E-state index contributed by atoms with van der Waals surface area (Å²) in [4.78, 5) is 16.4. The number of carbonyl (C=O) groups is 1. The molecule has 8 heteroatoms. The maximum absolute atomic E-state index is 11.8. The average molecular weight is 520 g/mol. The third-order valence-corrected chi connectivity index (χ3v) is 4.17. The minimum atomic E-state index is -0.402. The number of aliphatic imine (C=N–C) groups is 1. The van der Waals surface area contributed by atoms with E-state index in [0.717, 1.165) is 18.5 Å². The molecule has 2 atom stereocenters. The Kier molecular flexibility index (Phi) is 15.4. The zero-order chi connectivity index (χ0) is 20.8. The van der Waals surface area contributed by atoms with Crippen molar-refractivity contribution in [3.8, 4) is 0 Å². The number of rotatable bonds is 11. The summed E-state index contributed by atoms with van der Waals surface area (Å²) in [5.74, 6) is 1.04. The fraction of sp³-hybridized carbons (Fsp3) is 0.619. The topological polar surface area (TPSA) is 95.0 Å². The highest BCUT2D eigenvalue weighted by Crippen LogP contribution is 2.14. The Morgan fingerprint density at radius 3 is 2.41 bits per heavy atom. The van der Waals surface area contributed by atoms with E-state index in [-0.39, 0.29) is 42.5 Å². The summed E-state index contributed by atoms with van der Waals surface area (Å²) in [7, 11) is 0. The number of nitrogens with zero attached hydrogens (tertiary/aromatic N) is 1. The molecule has 0 spiro atoms. The van der Waals surface area contributed by atoms with Gasteiger partial charge in [-0.2, -0.15) is 0 Å². The van der Waals surface area contributed by atoms with E-state index in [1.165, 1.54) is 0 Å². The van der Waals surface area contributed by atoms with Gasteiger partial charge in [0, 0.05) is 25.0 Å². The molecule has 0 radical (unpaired) electrons. The molecule has 1 aromatic rings. The van der Waals surface area contributed by atoms with Gasteiger partial charge >= 0.3 is 6.09 Å². The second-order valence-corrected chi connectivity index (χ2v) is 7.08. The van der Waals surface area contributed by atoms with Crippen LogP contribution in [0, 0.1) is 5.92 Å². The minimum Gasteiger partial charge on any atom is -0.450 e. The Morgan fingerprint density at radius 2 is 1.86 bits per heavy atom. The number of ether oxygens (including phenoxy) is 1. The number of aliphatic hydroxyl groups excluding tert-OH is 1. The summed E-state index contributed by atoms with van der Waals surface area (Å²) in [6, 6.07) is 9.81. The first-order chi connectivity index (χ1) is 13.5. The lowest BCUT2D eigenvalue weighted by Crippen LogP contribution is -2.47. The second kappa shape index (κ2) is 16.3. The molecule has 1 aromatic carbocycles. The molecular formula is C21H37IN4O3. The summed E-state index contributed by atoms with van der Waals surface area (Å²) < 4.78 is 5.00. The number of guanidine groups is 1. The number of halogens is 1. The van der Waals surface area contributed by atoms with Gasteiger partial charge in [0.2, 0.25) is 0 Å². The first-order valence-electron chi connectivity index (χ1n) is 10.1. The van der Waals surface area contributed by atoms with E-state index in [0.29, 0.717) is 31.6 Å². The molecule has 0 fully saturated rings. The van der Waals surface area contributed by atoms with Gasteiger partial charge in [0.25, 0.3) is 0 Å². The van der Waals surface area contributed by atoms with Crippen LogP contribution in [-0.2, 0) is 4.74 Å². The number of alkyl carbamates (subject to hydrolysis) is 1. The van der Waals surface area contributed by atoms with Gasteiger partial charge in [0.05, 0.1) is 19.8 Å². The number of benzene rings is 1. The Hall–Kier alpha value is -1.55. The predicted molar refractivity (Wildman–Crippen MR) is 129 cm³/mol. The van der Waals surface area contributed by atoms with Gasteiger partial charge in [-0.05, 0) is 31.7 Å². The maximum Gasteiger partial charge on any atom is 0.407 e. The van der Waals surface area contributed by atoms with Crippen LogP contribution in [0.2, 0.25) is 0 Å². The monoisotopic (exact) mass is 520 g/mol. The van der Waals surface area contributed by atoms with E-state index in [2.05, 4.69) is 34.8 Å². The van der Waals surface area contributed by atoms with Crippen LogP contribution in [0.4, 0.5) is 4.79 Å². The number of nitrogens with one attached hydrogen (secondary N) is 3. The van der Waals surface area contributed by atoms with E-state index >= 15 is 0 Å². The van der Waals surface area contributed by atoms with Gasteiger partial charge in [-0.3, -0.25) is 4.99 Å². The van der Waals surface area contributed by atoms with Crippen molar-refractivity contribution in [3.05, 3.63) is 35.9 Å². The fourth-order valence-electron chi connectivity index (χ4n) is 2.86. The average Bonchev–Trinajstić information content (AvgIpc) is 2.66. The number of carbonyl (C=O) groups excluding carboxylic acids is 1. The van der Waals surface area contributed by atoms with Crippen LogP contribution in [0.1, 0.15) is 45.6 Å². The van der Waals surface area contributed by atoms with E-state index < -0.39 is 6.09 Å². The normalized spacial score (nSPS) is 13.2. The molecule has 0 heterocycles. The van der Waals surface area contributed by atoms with Crippen LogP contribution in [0.25, 0.3) is 0 Å². The number of aliphatic hydroxyl groups is 1. The van der Waals surface area contributed by atoms with E-state index in [4.69, 9.17) is 4.74 Å². The maximum atomic E-state index is 11.8. The predicted octanol–water partition coefficient (Wildman–Crippen LogP) is 3.10. The molecule has 0 saturated heterocycles. The first kappa shape index (κ1) is 27.5. The third kappa shape index (κ3) is 11.9. The molecule has 0 bridgehead atoms. The van der Waals surface area contributed by atoms with Crippen molar-refractivity contribution in [1.82, 2.24) is 16.0 Å². The Labute approximate surface area is 192 Å². The van der Waals surface area contributed by atoms with Crippen molar-refractivity contribution in [3.63, 3.8) is 0 Å². The highest BCUT2D eigenvalue weighted by Gasteiger charge is 2.16. The Bertz CT molecular complexity index is 585. The van der Waals surface area contributed by atoms with Crippen LogP contribution in [0.5, 0.6) is 0 Å². The molecule has 0 aliphatic rings. The van der Waals surface area contributed by atoms with Crippen molar-refractivity contribution in [2.24, 2.45) is 10.9 Å². The van der Waals surface area contributed by atoms with E-state index in [1.54, 1.807) is 6.92 Å². The molecule has 29 heavy (non-hydrogen) atoms. The van der Waals surface area contributed by atoms with E-state index in [9.17, 15) is 9.90 Å². The summed E-state index contributed by atoms with van der Waals surface area (Å²) >= 11 is 0. The number of hydrogen-bond donors (Lipinski definition) is 4. The molecular weight excluding hydrogens is 483 g/mol. The Morgan fingerprint density at radius 1 is 1.17 bits per heavy atom. The van der Waals surface area contributed by atoms with Gasteiger partial charge in [0.15, 0.2) is 5.96 Å². The summed E-state index contributed by atoms with van der Waals surface area (Å²) in [6.07, 6.45) is 0.426. The number of amides is 1. The van der Waals surface area contributed by atoms with Crippen LogP contribution >= 0.6 is 24.0 Å². The summed E-state index contributed by atoms with van der Waals surface area (Å²) in [5, 5.41) is 19.1.